The molecule has 0 aliphatic rings. The lowest BCUT2D eigenvalue weighted by Crippen LogP contribution is -2.11. The van der Waals surface area contributed by atoms with Crippen LogP contribution in [0, 0.1) is 0 Å². The molecule has 0 bridgehead atoms. The van der Waals surface area contributed by atoms with E-state index in [9.17, 15) is 9.59 Å². The van der Waals surface area contributed by atoms with Crippen molar-refractivity contribution in [2.24, 2.45) is 0 Å². The number of anilines is 1. The molecule has 0 aliphatic carbocycles. The molecule has 6 nitrogen and oxygen atoms in total. The lowest BCUT2D eigenvalue weighted by molar-refractivity contribution is -0.137. The van der Waals surface area contributed by atoms with Gasteiger partial charge in [-0.05, 0) is 66.9 Å². The van der Waals surface area contributed by atoms with Gasteiger partial charge in [-0.15, -0.1) is 0 Å². The first-order chi connectivity index (χ1) is 17.0. The number of carboxylic acids is 1. The zero-order valence-corrected chi connectivity index (χ0v) is 19.9. The zero-order chi connectivity index (χ0) is 24.6. The summed E-state index contributed by atoms with van der Waals surface area (Å²) < 4.78 is 5.90. The number of para-hydroxylation sites is 2. The number of unbranched alkanes of at least 4 members (excludes halogenated alkanes) is 1. The molecule has 1 atom stereocenters. The fourth-order valence-electron chi connectivity index (χ4n) is 4.08. The molecule has 35 heavy (non-hydrogen) atoms. The third-order valence-electron chi connectivity index (χ3n) is 6.04. The van der Waals surface area contributed by atoms with Crippen LogP contribution < -0.4 is 5.32 Å². The number of carbonyl (C=O) groups excluding carboxylic acids is 1. The lowest BCUT2D eigenvalue weighted by atomic mass is 9.99. The van der Waals surface area contributed by atoms with Crippen LogP contribution in [0.2, 0.25) is 0 Å². The number of carboxylic acid groups (broad SMARTS) is 1. The van der Waals surface area contributed by atoms with Crippen LogP contribution in [0.1, 0.15) is 67.4 Å². The second kappa shape index (κ2) is 11.5. The predicted octanol–water partition coefficient (Wildman–Crippen LogP) is 7.28. The monoisotopic (exact) mass is 470 g/mol. The van der Waals surface area contributed by atoms with Crippen molar-refractivity contribution in [3.8, 4) is 11.5 Å². The molecule has 0 saturated heterocycles. The van der Waals surface area contributed by atoms with Gasteiger partial charge in [-0.1, -0.05) is 44.0 Å². The Morgan fingerprint density at radius 2 is 1.69 bits per heavy atom. The molecular formula is C29H30N2O4. The first-order valence-corrected chi connectivity index (χ1v) is 12.1. The maximum Gasteiger partial charge on any atom is 0.303 e. The maximum atomic E-state index is 12.3. The number of aromatic nitrogens is 1. The van der Waals surface area contributed by atoms with Crippen molar-refractivity contribution < 1.29 is 19.1 Å². The molecule has 180 valence electrons. The van der Waals surface area contributed by atoms with Crippen LogP contribution in [0.15, 0.2) is 77.2 Å². The number of nitrogens with zero attached hydrogens (tertiary/aromatic N) is 1. The summed E-state index contributed by atoms with van der Waals surface area (Å²) in [6.45, 7) is 2.18. The first-order valence-electron chi connectivity index (χ1n) is 12.1. The fourth-order valence-corrected chi connectivity index (χ4v) is 4.08. The van der Waals surface area contributed by atoms with Gasteiger partial charge < -0.3 is 14.8 Å². The average Bonchev–Trinajstić information content (AvgIpc) is 3.31. The topological polar surface area (TPSA) is 92.4 Å². The van der Waals surface area contributed by atoms with E-state index in [0.717, 1.165) is 41.6 Å². The van der Waals surface area contributed by atoms with Crippen molar-refractivity contribution >= 4 is 28.5 Å². The number of aliphatic carboxylic acids is 1. The van der Waals surface area contributed by atoms with Crippen molar-refractivity contribution in [2.75, 3.05) is 5.32 Å². The molecule has 1 aromatic heterocycles. The van der Waals surface area contributed by atoms with E-state index in [4.69, 9.17) is 9.52 Å². The molecule has 0 aliphatic heterocycles. The molecular weight excluding hydrogens is 440 g/mol. The second-order valence-electron chi connectivity index (χ2n) is 8.70. The van der Waals surface area contributed by atoms with Crippen LogP contribution in [0.3, 0.4) is 0 Å². The van der Waals surface area contributed by atoms with E-state index in [0.29, 0.717) is 17.9 Å². The molecule has 0 fully saturated rings. The predicted molar refractivity (Wildman–Crippen MR) is 138 cm³/mol. The smallest absolute Gasteiger partial charge is 0.303 e. The summed E-state index contributed by atoms with van der Waals surface area (Å²) in [5.74, 6) is -0.299. The minimum atomic E-state index is -0.877. The van der Waals surface area contributed by atoms with Crippen LogP contribution in [-0.4, -0.2) is 21.8 Å². The number of ketones is 1. The van der Waals surface area contributed by atoms with Crippen LogP contribution in [0.4, 0.5) is 5.69 Å². The Bertz CT molecular complexity index is 1240. The number of rotatable bonds is 12. The first kappa shape index (κ1) is 24.2. The quantitative estimate of drug-likeness (QED) is 0.211. The standard InChI is InChI=1S/C29H30N2O4/c1-2-3-7-24(30-23-18-16-21(17-19-23)26(32)9-6-11-28(33)34)20-12-14-22(15-13-20)29-31-25-8-4-5-10-27(25)35-29/h4-5,8,10,12-19,24,30H,2-3,6-7,9,11H2,1H3,(H,33,34)/t24-/m1/s1. The highest BCUT2D eigenvalue weighted by atomic mass is 16.4. The van der Waals surface area contributed by atoms with Crippen molar-refractivity contribution in [2.45, 2.75) is 51.5 Å². The number of nitrogens with one attached hydrogen (secondary N) is 1. The Labute approximate surface area is 205 Å². The van der Waals surface area contributed by atoms with Crippen LogP contribution in [0.25, 0.3) is 22.6 Å². The molecule has 6 heteroatoms. The number of fused-ring (bicyclic) bond motifs is 1. The highest BCUT2D eigenvalue weighted by Gasteiger charge is 2.14. The summed E-state index contributed by atoms with van der Waals surface area (Å²) in [6.07, 6.45) is 3.77. The van der Waals surface area contributed by atoms with Gasteiger partial charge in [0, 0.05) is 29.7 Å². The van der Waals surface area contributed by atoms with Crippen molar-refractivity contribution in [3.63, 3.8) is 0 Å². The molecule has 0 unspecified atom stereocenters. The molecule has 4 aromatic rings. The number of Topliss-reactive ketones (excluding diaryl/α,β-unsaturated/α-hetero) is 1. The third-order valence-corrected chi connectivity index (χ3v) is 6.04. The highest BCUT2D eigenvalue weighted by Crippen LogP contribution is 2.29. The van der Waals surface area contributed by atoms with Crippen molar-refractivity contribution in [1.29, 1.82) is 0 Å². The van der Waals surface area contributed by atoms with Crippen molar-refractivity contribution in [1.82, 2.24) is 4.98 Å². The molecule has 0 saturated carbocycles. The Morgan fingerprint density at radius 1 is 0.943 bits per heavy atom. The van der Waals surface area contributed by atoms with Crippen LogP contribution >= 0.6 is 0 Å². The van der Waals surface area contributed by atoms with E-state index in [-0.39, 0.29) is 24.7 Å². The van der Waals surface area contributed by atoms with Crippen LogP contribution in [-0.2, 0) is 4.79 Å². The van der Waals surface area contributed by atoms with E-state index in [2.05, 4.69) is 29.4 Å². The van der Waals surface area contributed by atoms with Gasteiger partial charge in [0.2, 0.25) is 5.89 Å². The molecule has 2 N–H and O–H groups in total. The van der Waals surface area contributed by atoms with Crippen LogP contribution in [0.5, 0.6) is 0 Å². The molecule has 3 aromatic carbocycles. The molecule has 1 heterocycles. The van der Waals surface area contributed by atoms with E-state index in [1.165, 1.54) is 5.56 Å². The van der Waals surface area contributed by atoms with E-state index in [1.54, 1.807) is 12.1 Å². The number of hydrogen-bond donors (Lipinski definition) is 2. The highest BCUT2D eigenvalue weighted by molar-refractivity contribution is 5.96. The molecule has 0 amide bonds. The molecule has 0 spiro atoms. The Kier molecular flexibility index (Phi) is 7.93. The normalized spacial score (nSPS) is 11.9. The zero-order valence-electron chi connectivity index (χ0n) is 19.9. The number of benzene rings is 3. The largest absolute Gasteiger partial charge is 0.481 e. The summed E-state index contributed by atoms with van der Waals surface area (Å²) in [5, 5.41) is 12.4. The Hall–Kier alpha value is -3.93. The second-order valence-corrected chi connectivity index (χ2v) is 8.70. The Balaban J connectivity index is 1.45. The van der Waals surface area contributed by atoms with Gasteiger partial charge in [0.1, 0.15) is 5.52 Å². The van der Waals surface area contributed by atoms with E-state index < -0.39 is 5.97 Å². The lowest BCUT2D eigenvalue weighted by Gasteiger charge is -2.21. The van der Waals surface area contributed by atoms with Gasteiger partial charge in [-0.25, -0.2) is 4.98 Å². The minimum absolute atomic E-state index is 0.00961. The van der Waals surface area contributed by atoms with Gasteiger partial charge in [0.25, 0.3) is 0 Å². The van der Waals surface area contributed by atoms with E-state index >= 15 is 0 Å². The summed E-state index contributed by atoms with van der Waals surface area (Å²) >= 11 is 0. The summed E-state index contributed by atoms with van der Waals surface area (Å²) in [5.41, 5.74) is 5.28. The fraction of sp³-hybridized carbons (Fsp3) is 0.276. The molecule has 0 radical (unpaired) electrons. The van der Waals surface area contributed by atoms with Gasteiger partial charge in [0.15, 0.2) is 11.4 Å². The van der Waals surface area contributed by atoms with Gasteiger partial charge in [-0.3, -0.25) is 9.59 Å². The number of carbonyl (C=O) groups is 2. The van der Waals surface area contributed by atoms with Crippen molar-refractivity contribution in [3.05, 3.63) is 83.9 Å². The minimum Gasteiger partial charge on any atom is -0.481 e. The van der Waals surface area contributed by atoms with Gasteiger partial charge in [0.05, 0.1) is 6.04 Å². The SMILES string of the molecule is CCCC[C@@H](Nc1ccc(C(=O)CCCC(=O)O)cc1)c1ccc(-c2nc3ccccc3o2)cc1. The third kappa shape index (κ3) is 6.35. The number of hydrogen-bond acceptors (Lipinski definition) is 5. The Morgan fingerprint density at radius 3 is 2.37 bits per heavy atom. The van der Waals surface area contributed by atoms with Gasteiger partial charge >= 0.3 is 5.97 Å². The maximum absolute atomic E-state index is 12.3. The van der Waals surface area contributed by atoms with Gasteiger partial charge in [-0.2, -0.15) is 0 Å². The molecule has 4 rings (SSSR count). The summed E-state index contributed by atoms with van der Waals surface area (Å²) in [6, 6.07) is 23.6. The van der Waals surface area contributed by atoms with E-state index in [1.807, 2.05) is 48.5 Å². The average molecular weight is 471 g/mol. The summed E-state index contributed by atoms with van der Waals surface area (Å²) in [7, 11) is 0. The number of oxazole rings is 1. The summed E-state index contributed by atoms with van der Waals surface area (Å²) in [4.78, 5) is 27.5.